The summed E-state index contributed by atoms with van der Waals surface area (Å²) in [5.74, 6) is 1.09. The zero-order chi connectivity index (χ0) is 17.2. The first kappa shape index (κ1) is 15.2. The molecule has 0 bridgehead atoms. The molecule has 0 aliphatic carbocycles. The Hall–Kier alpha value is -3.35. The lowest BCUT2D eigenvalue weighted by atomic mass is 10.1. The number of nitrogens with zero attached hydrogens (tertiary/aromatic N) is 4. The van der Waals surface area contributed by atoms with Gasteiger partial charge in [-0.2, -0.15) is 0 Å². The van der Waals surface area contributed by atoms with Crippen LogP contribution in [-0.4, -0.2) is 20.4 Å². The van der Waals surface area contributed by atoms with Crippen LogP contribution in [0.25, 0.3) is 22.4 Å². The number of hydrogen-bond donors (Lipinski definition) is 1. The van der Waals surface area contributed by atoms with Gasteiger partial charge in [0.2, 0.25) is 5.89 Å². The van der Waals surface area contributed by atoms with Gasteiger partial charge in [0.25, 0.3) is 5.89 Å². The van der Waals surface area contributed by atoms with Crippen LogP contribution in [-0.2, 0) is 6.54 Å². The van der Waals surface area contributed by atoms with Gasteiger partial charge in [0, 0.05) is 29.8 Å². The van der Waals surface area contributed by atoms with Crippen LogP contribution in [0.4, 0.5) is 10.2 Å². The number of rotatable bonds is 4. The maximum absolute atomic E-state index is 13.8. The van der Waals surface area contributed by atoms with E-state index in [1.54, 1.807) is 25.1 Å². The van der Waals surface area contributed by atoms with E-state index in [0.29, 0.717) is 35.4 Å². The van der Waals surface area contributed by atoms with Crippen molar-refractivity contribution < 1.29 is 8.81 Å². The molecule has 0 fully saturated rings. The zero-order valence-electron chi connectivity index (χ0n) is 13.4. The molecule has 0 unspecified atom stereocenters. The van der Waals surface area contributed by atoms with E-state index in [-0.39, 0.29) is 5.82 Å². The second kappa shape index (κ2) is 6.27. The SMILES string of the molecule is Cc1nnc(-c2nnc(NCc3ccccc3F)c3ccccc23)o1. The van der Waals surface area contributed by atoms with Gasteiger partial charge in [0.1, 0.15) is 5.82 Å². The maximum atomic E-state index is 13.8. The van der Waals surface area contributed by atoms with E-state index in [0.717, 1.165) is 10.8 Å². The lowest BCUT2D eigenvalue weighted by Crippen LogP contribution is -2.05. The molecule has 1 N–H and O–H groups in total. The molecule has 0 aliphatic rings. The minimum absolute atomic E-state index is 0.259. The highest BCUT2D eigenvalue weighted by atomic mass is 19.1. The molecule has 0 saturated heterocycles. The third-order valence-corrected chi connectivity index (χ3v) is 3.82. The quantitative estimate of drug-likeness (QED) is 0.612. The van der Waals surface area contributed by atoms with Crippen molar-refractivity contribution in [2.45, 2.75) is 13.5 Å². The van der Waals surface area contributed by atoms with Gasteiger partial charge < -0.3 is 9.73 Å². The van der Waals surface area contributed by atoms with Crippen molar-refractivity contribution in [2.24, 2.45) is 0 Å². The topological polar surface area (TPSA) is 76.7 Å². The van der Waals surface area contributed by atoms with Crippen molar-refractivity contribution in [3.8, 4) is 11.6 Å². The van der Waals surface area contributed by atoms with Crippen LogP contribution < -0.4 is 5.32 Å². The van der Waals surface area contributed by atoms with Crippen LogP contribution in [0.15, 0.2) is 52.9 Å². The van der Waals surface area contributed by atoms with E-state index in [4.69, 9.17) is 4.42 Å². The summed E-state index contributed by atoms with van der Waals surface area (Å²) in [7, 11) is 0. The van der Waals surface area contributed by atoms with Crippen molar-refractivity contribution in [2.75, 3.05) is 5.32 Å². The van der Waals surface area contributed by atoms with Crippen molar-refractivity contribution in [3.05, 3.63) is 65.8 Å². The molecule has 124 valence electrons. The second-order valence-corrected chi connectivity index (χ2v) is 5.51. The number of nitrogens with one attached hydrogen (secondary N) is 1. The molecule has 4 aromatic rings. The minimum Gasteiger partial charge on any atom is -0.420 e. The van der Waals surface area contributed by atoms with E-state index >= 15 is 0 Å². The van der Waals surface area contributed by atoms with Gasteiger partial charge in [-0.05, 0) is 6.07 Å². The van der Waals surface area contributed by atoms with Crippen LogP contribution in [0.2, 0.25) is 0 Å². The smallest absolute Gasteiger partial charge is 0.268 e. The van der Waals surface area contributed by atoms with Gasteiger partial charge in [-0.15, -0.1) is 20.4 Å². The fraction of sp³-hybridized carbons (Fsp3) is 0.111. The number of halogens is 1. The van der Waals surface area contributed by atoms with Gasteiger partial charge in [-0.3, -0.25) is 0 Å². The molecule has 0 saturated carbocycles. The fourth-order valence-corrected chi connectivity index (χ4v) is 2.61. The van der Waals surface area contributed by atoms with Gasteiger partial charge >= 0.3 is 0 Å². The van der Waals surface area contributed by atoms with E-state index in [9.17, 15) is 4.39 Å². The Bertz CT molecular complexity index is 1050. The predicted octanol–water partition coefficient (Wildman–Crippen LogP) is 3.74. The summed E-state index contributed by atoms with van der Waals surface area (Å²) in [6, 6.07) is 14.3. The predicted molar refractivity (Wildman–Crippen MR) is 91.3 cm³/mol. The maximum Gasteiger partial charge on any atom is 0.268 e. The molecule has 25 heavy (non-hydrogen) atoms. The van der Waals surface area contributed by atoms with Crippen LogP contribution in [0.3, 0.4) is 0 Å². The molecule has 2 aromatic heterocycles. The molecule has 6 nitrogen and oxygen atoms in total. The Balaban J connectivity index is 1.72. The van der Waals surface area contributed by atoms with Crippen LogP contribution in [0.1, 0.15) is 11.5 Å². The highest BCUT2D eigenvalue weighted by Crippen LogP contribution is 2.29. The number of benzene rings is 2. The van der Waals surface area contributed by atoms with Crippen LogP contribution in [0, 0.1) is 12.7 Å². The van der Waals surface area contributed by atoms with Crippen molar-refractivity contribution in [3.63, 3.8) is 0 Å². The molecule has 7 heteroatoms. The number of fused-ring (bicyclic) bond motifs is 1. The summed E-state index contributed by atoms with van der Waals surface area (Å²) >= 11 is 0. The van der Waals surface area contributed by atoms with Crippen LogP contribution in [0.5, 0.6) is 0 Å². The van der Waals surface area contributed by atoms with Crippen molar-refractivity contribution in [1.29, 1.82) is 0 Å². The fourth-order valence-electron chi connectivity index (χ4n) is 2.61. The molecule has 2 heterocycles. The molecule has 4 rings (SSSR count). The standard InChI is InChI=1S/C18H14FN5O/c1-11-21-24-18(25-11)16-13-7-3-4-8-14(13)17(23-22-16)20-10-12-6-2-5-9-15(12)19/h2-9H,10H2,1H3,(H,20,23). The summed E-state index contributed by atoms with van der Waals surface area (Å²) in [5, 5.41) is 21.1. The minimum atomic E-state index is -0.259. The Labute approximate surface area is 142 Å². The first-order valence-electron chi connectivity index (χ1n) is 7.75. The van der Waals surface area contributed by atoms with E-state index < -0.39 is 0 Å². The number of hydrogen-bond acceptors (Lipinski definition) is 6. The highest BCUT2D eigenvalue weighted by Gasteiger charge is 2.15. The molecule has 0 radical (unpaired) electrons. The van der Waals surface area contributed by atoms with Crippen molar-refractivity contribution in [1.82, 2.24) is 20.4 Å². The van der Waals surface area contributed by atoms with Gasteiger partial charge in [-0.25, -0.2) is 4.39 Å². The third kappa shape index (κ3) is 2.91. The molecule has 0 amide bonds. The molecule has 0 aliphatic heterocycles. The lowest BCUT2D eigenvalue weighted by molar-refractivity contribution is 0.531. The molecular weight excluding hydrogens is 321 g/mol. The summed E-state index contributed by atoms with van der Waals surface area (Å²) in [6.45, 7) is 2.03. The van der Waals surface area contributed by atoms with E-state index in [2.05, 4.69) is 25.7 Å². The van der Waals surface area contributed by atoms with Gasteiger partial charge in [-0.1, -0.05) is 42.5 Å². The number of aryl methyl sites for hydroxylation is 1. The van der Waals surface area contributed by atoms with Gasteiger partial charge in [0.15, 0.2) is 11.5 Å². The summed E-state index contributed by atoms with van der Waals surface area (Å²) in [5.41, 5.74) is 1.08. The average molecular weight is 335 g/mol. The molecule has 0 spiro atoms. The Morgan fingerprint density at radius 3 is 2.44 bits per heavy atom. The largest absolute Gasteiger partial charge is 0.420 e. The van der Waals surface area contributed by atoms with Crippen LogP contribution >= 0.6 is 0 Å². The Morgan fingerprint density at radius 2 is 1.68 bits per heavy atom. The molecule has 2 aromatic carbocycles. The zero-order valence-corrected chi connectivity index (χ0v) is 13.4. The molecule has 0 atom stereocenters. The Kier molecular flexibility index (Phi) is 3.81. The Morgan fingerprint density at radius 1 is 0.920 bits per heavy atom. The first-order valence-corrected chi connectivity index (χ1v) is 7.75. The normalized spacial score (nSPS) is 11.0. The van der Waals surface area contributed by atoms with E-state index in [1.165, 1.54) is 6.07 Å². The second-order valence-electron chi connectivity index (χ2n) is 5.51. The number of aromatic nitrogens is 4. The summed E-state index contributed by atoms with van der Waals surface area (Å²) < 4.78 is 19.3. The molecular formula is C18H14FN5O. The first-order chi connectivity index (χ1) is 12.2. The number of anilines is 1. The third-order valence-electron chi connectivity index (χ3n) is 3.82. The summed E-state index contributed by atoms with van der Waals surface area (Å²) in [4.78, 5) is 0. The van der Waals surface area contributed by atoms with Gasteiger partial charge in [0.05, 0.1) is 0 Å². The monoisotopic (exact) mass is 335 g/mol. The average Bonchev–Trinajstić information content (AvgIpc) is 3.07. The highest BCUT2D eigenvalue weighted by molar-refractivity contribution is 5.98. The van der Waals surface area contributed by atoms with E-state index in [1.807, 2.05) is 24.3 Å². The lowest BCUT2D eigenvalue weighted by Gasteiger charge is -2.10. The van der Waals surface area contributed by atoms with Crippen molar-refractivity contribution >= 4 is 16.6 Å². The summed E-state index contributed by atoms with van der Waals surface area (Å²) in [6.07, 6.45) is 0.